The van der Waals surface area contributed by atoms with E-state index in [1.54, 1.807) is 12.8 Å². The summed E-state index contributed by atoms with van der Waals surface area (Å²) in [6.07, 6.45) is 17.7. The predicted octanol–water partition coefficient (Wildman–Crippen LogP) is 7.72. The first-order chi connectivity index (χ1) is 13.8. The summed E-state index contributed by atoms with van der Waals surface area (Å²) < 4.78 is 0. The molecule has 10 atom stereocenters. The maximum Gasteiger partial charge on any atom is 0.0456 e. The van der Waals surface area contributed by atoms with Gasteiger partial charge in [0.2, 0.25) is 0 Å². The molecule has 3 unspecified atom stereocenters. The standard InChI is InChI=1S/C28H50O/c1-19(18-29)9-10-20(2)21(3)24-13-14-25-23-12-11-22-8-6-7-16-27(22,4)26(23)15-17-28(24,25)5/h19-26,29H,6-18H2,1-5H3/t19?,20?,21-,22?,23+,24-,25+,26+,27+,28-/m1/s1. The van der Waals surface area contributed by atoms with E-state index < -0.39 is 0 Å². The normalized spacial score (nSPS) is 47.6. The number of fused-ring (bicyclic) bond motifs is 5. The third-order valence-corrected chi connectivity index (χ3v) is 11.6. The molecule has 4 saturated carbocycles. The second-order valence-corrected chi connectivity index (χ2v) is 12.8. The van der Waals surface area contributed by atoms with Gasteiger partial charge in [-0.25, -0.2) is 0 Å². The fraction of sp³-hybridized carbons (Fsp3) is 1.00. The summed E-state index contributed by atoms with van der Waals surface area (Å²) in [6, 6.07) is 0. The fourth-order valence-corrected chi connectivity index (χ4v) is 9.50. The van der Waals surface area contributed by atoms with E-state index >= 15 is 0 Å². The quantitative estimate of drug-likeness (QED) is 0.482. The van der Waals surface area contributed by atoms with Gasteiger partial charge in [-0.1, -0.05) is 53.9 Å². The van der Waals surface area contributed by atoms with Crippen LogP contribution in [0.25, 0.3) is 0 Å². The average molecular weight is 403 g/mol. The number of rotatable bonds is 6. The number of hydrogen-bond acceptors (Lipinski definition) is 1. The van der Waals surface area contributed by atoms with E-state index in [4.69, 9.17) is 0 Å². The minimum Gasteiger partial charge on any atom is -0.396 e. The summed E-state index contributed by atoms with van der Waals surface area (Å²) in [5.74, 6) is 7.18. The molecular formula is C28H50O. The van der Waals surface area contributed by atoms with E-state index in [-0.39, 0.29) is 0 Å². The van der Waals surface area contributed by atoms with Crippen molar-refractivity contribution in [3.8, 4) is 0 Å². The third kappa shape index (κ3) is 3.74. The zero-order chi connectivity index (χ0) is 20.8. The molecule has 0 aromatic rings. The summed E-state index contributed by atoms with van der Waals surface area (Å²) >= 11 is 0. The predicted molar refractivity (Wildman–Crippen MR) is 124 cm³/mol. The smallest absolute Gasteiger partial charge is 0.0456 e. The van der Waals surface area contributed by atoms with E-state index in [0.717, 1.165) is 41.4 Å². The molecule has 4 rings (SSSR count). The Morgan fingerprint density at radius 1 is 0.793 bits per heavy atom. The number of hydrogen-bond donors (Lipinski definition) is 1. The molecule has 0 amide bonds. The van der Waals surface area contributed by atoms with Crippen LogP contribution in [-0.4, -0.2) is 11.7 Å². The Labute approximate surface area is 181 Å². The molecule has 4 aliphatic carbocycles. The molecule has 0 spiro atoms. The zero-order valence-electron chi connectivity index (χ0n) is 20.3. The van der Waals surface area contributed by atoms with Gasteiger partial charge < -0.3 is 5.11 Å². The van der Waals surface area contributed by atoms with E-state index in [1.165, 1.54) is 64.2 Å². The van der Waals surface area contributed by atoms with Crippen molar-refractivity contribution < 1.29 is 5.11 Å². The Balaban J connectivity index is 1.46. The van der Waals surface area contributed by atoms with Gasteiger partial charge >= 0.3 is 0 Å². The highest BCUT2D eigenvalue weighted by Crippen LogP contribution is 2.68. The third-order valence-electron chi connectivity index (χ3n) is 11.6. The van der Waals surface area contributed by atoms with Crippen LogP contribution in [0.3, 0.4) is 0 Å². The molecular weight excluding hydrogens is 352 g/mol. The van der Waals surface area contributed by atoms with Crippen LogP contribution < -0.4 is 0 Å². The van der Waals surface area contributed by atoms with Crippen molar-refractivity contribution in [3.63, 3.8) is 0 Å². The van der Waals surface area contributed by atoms with Crippen LogP contribution in [0.1, 0.15) is 112 Å². The van der Waals surface area contributed by atoms with Gasteiger partial charge in [-0.3, -0.25) is 0 Å². The lowest BCUT2D eigenvalue weighted by molar-refractivity contribution is -0.115. The summed E-state index contributed by atoms with van der Waals surface area (Å²) in [5, 5.41) is 9.41. The highest BCUT2D eigenvalue weighted by molar-refractivity contribution is 5.09. The molecule has 1 N–H and O–H groups in total. The summed E-state index contributed by atoms with van der Waals surface area (Å²) in [5.41, 5.74) is 1.29. The van der Waals surface area contributed by atoms with Crippen molar-refractivity contribution in [1.29, 1.82) is 0 Å². The molecule has 0 saturated heterocycles. The van der Waals surface area contributed by atoms with Crippen molar-refractivity contribution in [2.45, 2.75) is 112 Å². The second-order valence-electron chi connectivity index (χ2n) is 12.8. The number of aliphatic hydroxyl groups excluding tert-OH is 1. The molecule has 0 aromatic carbocycles. The van der Waals surface area contributed by atoms with Crippen LogP contribution in [0.5, 0.6) is 0 Å². The molecule has 4 fully saturated rings. The first-order valence-electron chi connectivity index (χ1n) is 13.4. The summed E-state index contributed by atoms with van der Waals surface area (Å²) in [6.45, 7) is 13.1. The van der Waals surface area contributed by atoms with Crippen molar-refractivity contribution >= 4 is 0 Å². The monoisotopic (exact) mass is 402 g/mol. The Morgan fingerprint density at radius 3 is 2.31 bits per heavy atom. The highest BCUT2D eigenvalue weighted by Gasteiger charge is 2.60. The van der Waals surface area contributed by atoms with Crippen LogP contribution >= 0.6 is 0 Å². The molecule has 1 nitrogen and oxygen atoms in total. The van der Waals surface area contributed by atoms with Gasteiger partial charge in [0.25, 0.3) is 0 Å². The highest BCUT2D eigenvalue weighted by atomic mass is 16.3. The lowest BCUT2D eigenvalue weighted by Gasteiger charge is -2.61. The van der Waals surface area contributed by atoms with Gasteiger partial charge in [0.15, 0.2) is 0 Å². The van der Waals surface area contributed by atoms with Crippen molar-refractivity contribution in [3.05, 3.63) is 0 Å². The maximum absolute atomic E-state index is 9.41. The Bertz CT molecular complexity index is 557. The van der Waals surface area contributed by atoms with Gasteiger partial charge in [-0.2, -0.15) is 0 Å². The Kier molecular flexibility index (Phi) is 6.48. The molecule has 0 aromatic heterocycles. The molecule has 168 valence electrons. The van der Waals surface area contributed by atoms with Crippen molar-refractivity contribution in [2.75, 3.05) is 6.61 Å². The first kappa shape index (κ1) is 22.2. The molecule has 0 heterocycles. The second kappa shape index (κ2) is 8.48. The van der Waals surface area contributed by atoms with Crippen LogP contribution in [-0.2, 0) is 0 Å². The SMILES string of the molecule is CC(CO)CCC(C)[C@@H](C)[C@H]1CC[C@H]2[C@@H]3CCC4CCCC[C@]4(C)[C@H]3CC[C@]12C. The first-order valence-corrected chi connectivity index (χ1v) is 13.4. The van der Waals surface area contributed by atoms with Gasteiger partial charge in [-0.15, -0.1) is 0 Å². The van der Waals surface area contributed by atoms with Crippen LogP contribution in [0.15, 0.2) is 0 Å². The van der Waals surface area contributed by atoms with Crippen molar-refractivity contribution in [2.24, 2.45) is 58.2 Å². The fourth-order valence-electron chi connectivity index (χ4n) is 9.50. The minimum absolute atomic E-state index is 0.354. The van der Waals surface area contributed by atoms with Gasteiger partial charge in [0.05, 0.1) is 0 Å². The van der Waals surface area contributed by atoms with Gasteiger partial charge in [0.1, 0.15) is 0 Å². The molecule has 4 aliphatic rings. The average Bonchev–Trinajstić information content (AvgIpc) is 3.07. The minimum atomic E-state index is 0.354. The lowest BCUT2D eigenvalue weighted by atomic mass is 9.44. The molecule has 0 bridgehead atoms. The number of aliphatic hydroxyl groups is 1. The van der Waals surface area contributed by atoms with E-state index in [9.17, 15) is 5.11 Å². The molecule has 29 heavy (non-hydrogen) atoms. The topological polar surface area (TPSA) is 20.2 Å². The van der Waals surface area contributed by atoms with E-state index in [1.807, 2.05) is 0 Å². The van der Waals surface area contributed by atoms with Gasteiger partial charge in [-0.05, 0) is 116 Å². The summed E-state index contributed by atoms with van der Waals surface area (Å²) in [7, 11) is 0. The van der Waals surface area contributed by atoms with Gasteiger partial charge in [0, 0.05) is 6.61 Å². The Hall–Kier alpha value is -0.0400. The summed E-state index contributed by atoms with van der Waals surface area (Å²) in [4.78, 5) is 0. The molecule has 1 heteroatoms. The zero-order valence-corrected chi connectivity index (χ0v) is 20.3. The molecule has 0 radical (unpaired) electrons. The van der Waals surface area contributed by atoms with Crippen LogP contribution in [0.2, 0.25) is 0 Å². The van der Waals surface area contributed by atoms with Crippen LogP contribution in [0, 0.1) is 58.2 Å². The van der Waals surface area contributed by atoms with Crippen molar-refractivity contribution in [1.82, 2.24) is 0 Å². The molecule has 0 aliphatic heterocycles. The van der Waals surface area contributed by atoms with E-state index in [0.29, 0.717) is 23.4 Å². The largest absolute Gasteiger partial charge is 0.396 e. The maximum atomic E-state index is 9.41. The van der Waals surface area contributed by atoms with E-state index in [2.05, 4.69) is 34.6 Å². The lowest BCUT2D eigenvalue weighted by Crippen LogP contribution is -2.53. The van der Waals surface area contributed by atoms with Crippen LogP contribution in [0.4, 0.5) is 0 Å². The Morgan fingerprint density at radius 2 is 1.55 bits per heavy atom.